The predicted octanol–water partition coefficient (Wildman–Crippen LogP) is 0.593. The summed E-state index contributed by atoms with van der Waals surface area (Å²) in [6.07, 6.45) is 0. The van der Waals surface area contributed by atoms with Crippen molar-refractivity contribution in [2.75, 3.05) is 6.61 Å². The van der Waals surface area contributed by atoms with Crippen LogP contribution in [-0.2, 0) is 16.3 Å². The molecule has 0 atom stereocenters. The van der Waals surface area contributed by atoms with E-state index in [4.69, 9.17) is 10.3 Å². The van der Waals surface area contributed by atoms with Gasteiger partial charge in [0.15, 0.2) is 6.73 Å². The largest absolute Gasteiger partial charge is 0.405 e. The lowest BCUT2D eigenvalue weighted by Gasteiger charge is -2.14. The molecule has 9 heteroatoms. The van der Waals surface area contributed by atoms with Gasteiger partial charge in [-0.1, -0.05) is 24.7 Å². The highest BCUT2D eigenvalue weighted by Crippen LogP contribution is 2.07. The highest BCUT2D eigenvalue weighted by Gasteiger charge is 2.24. The summed E-state index contributed by atoms with van der Waals surface area (Å²) in [6, 6.07) is 1.05. The van der Waals surface area contributed by atoms with Crippen LogP contribution in [0.5, 0.6) is 0 Å². The topological polar surface area (TPSA) is 106 Å². The molecular formula is C10H18N6O2Si. The number of carbonyl (C=O) groups is 1. The molecule has 0 N–H and O–H groups in total. The van der Waals surface area contributed by atoms with E-state index in [9.17, 15) is 4.79 Å². The van der Waals surface area contributed by atoms with E-state index in [0.717, 1.165) is 6.04 Å². The fraction of sp³-hybridized carbons (Fsp3) is 0.700. The maximum atomic E-state index is 11.1. The van der Waals surface area contributed by atoms with Crippen molar-refractivity contribution in [2.45, 2.75) is 39.3 Å². The SMILES string of the molecule is CC(=O)C(=[N+]=[N-])c1nnn(COCC[Si](C)(C)C)n1. The van der Waals surface area contributed by atoms with Crippen molar-refractivity contribution < 1.29 is 14.3 Å². The molecule has 0 saturated heterocycles. The van der Waals surface area contributed by atoms with Crippen LogP contribution in [0.4, 0.5) is 0 Å². The molecule has 19 heavy (non-hydrogen) atoms. The van der Waals surface area contributed by atoms with Gasteiger partial charge < -0.3 is 10.3 Å². The predicted molar refractivity (Wildman–Crippen MR) is 70.3 cm³/mol. The number of aromatic nitrogens is 4. The molecule has 0 saturated carbocycles. The summed E-state index contributed by atoms with van der Waals surface area (Å²) in [5.41, 5.74) is 8.47. The molecule has 0 aliphatic rings. The van der Waals surface area contributed by atoms with Crippen LogP contribution < -0.4 is 0 Å². The minimum Gasteiger partial charge on any atom is -0.360 e. The van der Waals surface area contributed by atoms with Crippen molar-refractivity contribution in [1.82, 2.24) is 20.2 Å². The maximum Gasteiger partial charge on any atom is 0.405 e. The minimum absolute atomic E-state index is 0.0104. The molecule has 0 radical (unpaired) electrons. The Labute approximate surface area is 112 Å². The zero-order valence-electron chi connectivity index (χ0n) is 11.6. The minimum atomic E-state index is -1.12. The number of ketones is 1. The highest BCUT2D eigenvalue weighted by molar-refractivity contribution is 6.76. The summed E-state index contributed by atoms with van der Waals surface area (Å²) in [5.74, 6) is -0.439. The fourth-order valence-corrected chi connectivity index (χ4v) is 1.95. The number of Topliss-reactive ketones (excluding diaryl/α,β-unsaturated/α-hetero) is 1. The second-order valence-electron chi connectivity index (χ2n) is 5.34. The zero-order valence-corrected chi connectivity index (χ0v) is 12.6. The number of rotatable bonds is 7. The summed E-state index contributed by atoms with van der Waals surface area (Å²) >= 11 is 0. The quantitative estimate of drug-likeness (QED) is 0.239. The summed E-state index contributed by atoms with van der Waals surface area (Å²) in [6.45, 7) is 8.85. The molecule has 0 spiro atoms. The van der Waals surface area contributed by atoms with Crippen molar-refractivity contribution in [3.63, 3.8) is 0 Å². The first-order valence-corrected chi connectivity index (χ1v) is 9.63. The third-order valence-corrected chi connectivity index (χ3v) is 4.01. The van der Waals surface area contributed by atoms with Gasteiger partial charge >= 0.3 is 5.71 Å². The third-order valence-electron chi connectivity index (χ3n) is 2.30. The molecule has 8 nitrogen and oxygen atoms in total. The Kier molecular flexibility index (Phi) is 5.22. The van der Waals surface area contributed by atoms with Gasteiger partial charge in [0.1, 0.15) is 0 Å². The normalized spacial score (nSPS) is 11.2. The summed E-state index contributed by atoms with van der Waals surface area (Å²) in [5, 5.41) is 11.3. The van der Waals surface area contributed by atoms with E-state index in [0.29, 0.717) is 6.61 Å². The van der Waals surface area contributed by atoms with Gasteiger partial charge in [-0.25, -0.2) is 0 Å². The molecule has 0 bridgehead atoms. The summed E-state index contributed by atoms with van der Waals surface area (Å²) < 4.78 is 5.43. The first-order valence-electron chi connectivity index (χ1n) is 5.92. The second kappa shape index (κ2) is 6.46. The summed E-state index contributed by atoms with van der Waals surface area (Å²) in [4.78, 5) is 15.2. The number of ether oxygens (including phenoxy) is 1. The van der Waals surface area contributed by atoms with E-state index in [2.05, 4.69) is 39.8 Å². The van der Waals surface area contributed by atoms with Crippen molar-refractivity contribution in [3.8, 4) is 0 Å². The first kappa shape index (κ1) is 15.4. The molecule has 104 valence electrons. The Morgan fingerprint density at radius 3 is 2.68 bits per heavy atom. The maximum absolute atomic E-state index is 11.1. The van der Waals surface area contributed by atoms with Gasteiger partial charge in [0.2, 0.25) is 5.78 Å². The number of nitrogens with zero attached hydrogens (tertiary/aromatic N) is 6. The van der Waals surface area contributed by atoms with Crippen LogP contribution in [0.2, 0.25) is 25.7 Å². The molecule has 1 rings (SSSR count). The lowest BCUT2D eigenvalue weighted by molar-refractivity contribution is -0.115. The van der Waals surface area contributed by atoms with E-state index < -0.39 is 13.9 Å². The Balaban J connectivity index is 2.52. The van der Waals surface area contributed by atoms with Crippen LogP contribution in [0, 0.1) is 0 Å². The molecule has 1 heterocycles. The number of hydrogen-bond acceptors (Lipinski definition) is 5. The molecule has 0 unspecified atom stereocenters. The van der Waals surface area contributed by atoms with Crippen molar-refractivity contribution in [2.24, 2.45) is 0 Å². The van der Waals surface area contributed by atoms with E-state index in [1.807, 2.05) is 0 Å². The van der Waals surface area contributed by atoms with E-state index in [1.54, 1.807) is 0 Å². The Morgan fingerprint density at radius 1 is 1.47 bits per heavy atom. The third kappa shape index (κ3) is 5.21. The van der Waals surface area contributed by atoms with E-state index in [-0.39, 0.29) is 18.3 Å². The van der Waals surface area contributed by atoms with Crippen molar-refractivity contribution >= 4 is 19.6 Å². The van der Waals surface area contributed by atoms with Crippen LogP contribution in [0.1, 0.15) is 12.7 Å². The Morgan fingerprint density at radius 2 is 2.16 bits per heavy atom. The van der Waals surface area contributed by atoms with Crippen LogP contribution in [-0.4, -0.2) is 51.2 Å². The second-order valence-corrected chi connectivity index (χ2v) is 11.0. The smallest absolute Gasteiger partial charge is 0.360 e. The van der Waals surface area contributed by atoms with Crippen LogP contribution >= 0.6 is 0 Å². The highest BCUT2D eigenvalue weighted by atomic mass is 28.3. The van der Waals surface area contributed by atoms with Gasteiger partial charge in [-0.15, -0.1) is 9.90 Å². The molecule has 0 fully saturated rings. The first-order chi connectivity index (χ1) is 8.83. The number of tetrazole rings is 1. The lowest BCUT2D eigenvalue weighted by Crippen LogP contribution is -2.22. The van der Waals surface area contributed by atoms with Crippen LogP contribution in [0.25, 0.3) is 5.53 Å². The van der Waals surface area contributed by atoms with E-state index in [1.165, 1.54) is 11.7 Å². The van der Waals surface area contributed by atoms with Crippen LogP contribution in [0.15, 0.2) is 0 Å². The molecule has 1 aromatic heterocycles. The van der Waals surface area contributed by atoms with Gasteiger partial charge in [-0.3, -0.25) is 4.79 Å². The average Bonchev–Trinajstić information content (AvgIpc) is 2.72. The monoisotopic (exact) mass is 282 g/mol. The molecule has 0 aromatic carbocycles. The molecule has 0 amide bonds. The van der Waals surface area contributed by atoms with Gasteiger partial charge in [0.25, 0.3) is 5.82 Å². The molecule has 0 aliphatic carbocycles. The van der Waals surface area contributed by atoms with E-state index >= 15 is 0 Å². The molecule has 0 aliphatic heterocycles. The van der Waals surface area contributed by atoms with Gasteiger partial charge in [-0.05, 0) is 11.3 Å². The van der Waals surface area contributed by atoms with Gasteiger partial charge in [0.05, 0.1) is 0 Å². The Hall–Kier alpha value is -1.70. The number of hydrogen-bond donors (Lipinski definition) is 0. The molecular weight excluding hydrogens is 264 g/mol. The van der Waals surface area contributed by atoms with Crippen molar-refractivity contribution in [1.29, 1.82) is 0 Å². The Bertz CT molecular complexity index is 500. The van der Waals surface area contributed by atoms with Gasteiger partial charge in [-0.2, -0.15) is 4.79 Å². The fourth-order valence-electron chi connectivity index (χ4n) is 1.19. The van der Waals surface area contributed by atoms with Crippen molar-refractivity contribution in [3.05, 3.63) is 11.4 Å². The standard InChI is InChI=1S/C10H18N6O2Si/c1-8(17)9(12-11)10-13-15-16(14-10)7-18-5-6-19(2,3)4/h5-7H2,1-4H3. The van der Waals surface area contributed by atoms with Crippen LogP contribution in [0.3, 0.4) is 0 Å². The number of carbonyl (C=O) groups excluding carboxylic acids is 1. The zero-order chi connectivity index (χ0) is 14.5. The van der Waals surface area contributed by atoms with Gasteiger partial charge in [0, 0.05) is 21.6 Å². The molecule has 1 aromatic rings. The lowest BCUT2D eigenvalue weighted by atomic mass is 10.3. The average molecular weight is 282 g/mol. The summed E-state index contributed by atoms with van der Waals surface area (Å²) in [7, 11) is -1.12.